The zero-order valence-electron chi connectivity index (χ0n) is 21.2. The largest absolute Gasteiger partial charge is 0.497 e. The van der Waals surface area contributed by atoms with Crippen LogP contribution in [0.4, 0.5) is 5.82 Å². The molecule has 0 bridgehead atoms. The van der Waals surface area contributed by atoms with Crippen molar-refractivity contribution >= 4 is 50.1 Å². The molecule has 3 N–H and O–H groups in total. The Morgan fingerprint density at radius 3 is 2.72 bits per heavy atom. The van der Waals surface area contributed by atoms with Gasteiger partial charge in [-0.25, -0.2) is 9.78 Å². The molecule has 1 aliphatic heterocycles. The van der Waals surface area contributed by atoms with Crippen LogP contribution in [0.15, 0.2) is 59.5 Å². The van der Waals surface area contributed by atoms with E-state index in [2.05, 4.69) is 20.9 Å². The van der Waals surface area contributed by atoms with Crippen LogP contribution in [0.1, 0.15) is 19.1 Å². The number of benzene rings is 2. The van der Waals surface area contributed by atoms with Crippen LogP contribution >= 0.6 is 11.6 Å². The number of ether oxygens (including phenoxy) is 2. The summed E-state index contributed by atoms with van der Waals surface area (Å²) in [6, 6.07) is 15.7. The topological polar surface area (TPSA) is 124 Å². The first-order valence-corrected chi connectivity index (χ1v) is 13.2. The number of aliphatic hydroxyl groups excluding tert-OH is 2. The van der Waals surface area contributed by atoms with Crippen LogP contribution in [0.3, 0.4) is 0 Å². The third kappa shape index (κ3) is 4.59. The van der Waals surface area contributed by atoms with Gasteiger partial charge >= 0.3 is 5.69 Å². The van der Waals surface area contributed by atoms with Crippen molar-refractivity contribution in [1.82, 2.24) is 19.1 Å². The van der Waals surface area contributed by atoms with Crippen LogP contribution in [0.25, 0.3) is 32.7 Å². The Hall–Kier alpha value is -3.70. The van der Waals surface area contributed by atoms with Gasteiger partial charge in [-0.05, 0) is 30.7 Å². The van der Waals surface area contributed by atoms with E-state index in [4.69, 9.17) is 26.1 Å². The summed E-state index contributed by atoms with van der Waals surface area (Å²) in [6.45, 7) is 0.968. The Bertz CT molecular complexity index is 1740. The summed E-state index contributed by atoms with van der Waals surface area (Å²) in [7, 11) is 1.64. The van der Waals surface area contributed by atoms with Gasteiger partial charge in [0.2, 0.25) is 0 Å². The van der Waals surface area contributed by atoms with E-state index >= 15 is 0 Å². The third-order valence-corrected chi connectivity index (χ3v) is 7.54. The summed E-state index contributed by atoms with van der Waals surface area (Å²) in [6.07, 6.45) is 0.385. The lowest BCUT2D eigenvalue weighted by Crippen LogP contribution is -2.28. The maximum Gasteiger partial charge on any atom is 0.351 e. The van der Waals surface area contributed by atoms with E-state index in [1.807, 2.05) is 36.4 Å². The van der Waals surface area contributed by atoms with Gasteiger partial charge in [0.25, 0.3) is 0 Å². The lowest BCUT2D eigenvalue weighted by molar-refractivity contribution is -0.0458. The quantitative estimate of drug-likeness (QED) is 0.198. The number of nitrogens with one attached hydrogen (secondary N) is 1. The Labute approximate surface area is 228 Å². The highest BCUT2D eigenvalue weighted by molar-refractivity contribution is 6.36. The number of aryl methyl sites for hydroxylation is 1. The predicted octanol–water partition coefficient (Wildman–Crippen LogP) is 3.70. The minimum atomic E-state index is -0.824. The second-order valence-corrected chi connectivity index (χ2v) is 9.94. The molecular weight excluding hydrogens is 522 g/mol. The molecule has 0 radical (unpaired) electrons. The zero-order valence-corrected chi connectivity index (χ0v) is 22.0. The molecule has 0 aliphatic carbocycles. The number of rotatable bonds is 8. The molecule has 6 rings (SSSR count). The van der Waals surface area contributed by atoms with Gasteiger partial charge in [-0.3, -0.25) is 4.57 Å². The van der Waals surface area contributed by atoms with Gasteiger partial charge in [0.15, 0.2) is 0 Å². The van der Waals surface area contributed by atoms with Crippen molar-refractivity contribution < 1.29 is 19.7 Å². The van der Waals surface area contributed by atoms with Gasteiger partial charge in [-0.2, -0.15) is 4.98 Å². The molecule has 0 amide bonds. The molecule has 202 valence electrons. The molecule has 3 atom stereocenters. The van der Waals surface area contributed by atoms with E-state index in [1.54, 1.807) is 19.4 Å². The average molecular weight is 550 g/mol. The minimum absolute atomic E-state index is 0.221. The lowest BCUT2D eigenvalue weighted by atomic mass is 10.1. The van der Waals surface area contributed by atoms with E-state index in [9.17, 15) is 15.0 Å². The first-order chi connectivity index (χ1) is 19.0. The van der Waals surface area contributed by atoms with Gasteiger partial charge in [-0.1, -0.05) is 35.9 Å². The number of fused-ring (bicyclic) bond motifs is 5. The number of hydrogen-bond acceptors (Lipinski definition) is 8. The normalized spacial score (nSPS) is 19.3. The molecule has 1 fully saturated rings. The SMILES string of the molecule is COc1ccc2c(c1)c1nc(Cl)c3ccccc3c1n2CCCNc1ccn([C@H]2C[C@H](O)[C@@H](CO)O2)c(=O)n1. The molecule has 11 heteroatoms. The third-order valence-electron chi connectivity index (χ3n) is 7.25. The van der Waals surface area contributed by atoms with Crippen molar-refractivity contribution in [2.75, 3.05) is 25.6 Å². The van der Waals surface area contributed by atoms with Crippen molar-refractivity contribution in [2.24, 2.45) is 0 Å². The van der Waals surface area contributed by atoms with Crippen LogP contribution in [-0.2, 0) is 11.3 Å². The van der Waals surface area contributed by atoms with Crippen LogP contribution in [-0.4, -0.2) is 61.8 Å². The Morgan fingerprint density at radius 2 is 1.97 bits per heavy atom. The molecule has 10 nitrogen and oxygen atoms in total. The van der Waals surface area contributed by atoms with Crippen LogP contribution < -0.4 is 15.7 Å². The van der Waals surface area contributed by atoms with Crippen LogP contribution in [0, 0.1) is 0 Å². The van der Waals surface area contributed by atoms with E-state index in [0.29, 0.717) is 24.1 Å². The van der Waals surface area contributed by atoms with E-state index < -0.39 is 24.1 Å². The van der Waals surface area contributed by atoms with E-state index in [-0.39, 0.29) is 13.0 Å². The summed E-state index contributed by atoms with van der Waals surface area (Å²) < 4.78 is 14.6. The summed E-state index contributed by atoms with van der Waals surface area (Å²) in [5, 5.41) is 25.9. The van der Waals surface area contributed by atoms with Crippen molar-refractivity contribution in [3.63, 3.8) is 0 Å². The molecule has 39 heavy (non-hydrogen) atoms. The van der Waals surface area contributed by atoms with E-state index in [1.165, 1.54) is 4.57 Å². The number of aromatic nitrogens is 4. The number of nitrogens with zero attached hydrogens (tertiary/aromatic N) is 4. The highest BCUT2D eigenvalue weighted by Crippen LogP contribution is 2.37. The second kappa shape index (κ2) is 10.5. The van der Waals surface area contributed by atoms with Crippen LogP contribution in [0.5, 0.6) is 5.75 Å². The molecule has 1 aliphatic rings. The molecule has 0 spiro atoms. The van der Waals surface area contributed by atoms with Gasteiger partial charge < -0.3 is 29.6 Å². The fourth-order valence-electron chi connectivity index (χ4n) is 5.32. The Balaban J connectivity index is 1.23. The zero-order chi connectivity index (χ0) is 27.1. The fraction of sp³-hybridized carbons (Fsp3) is 0.321. The number of halogens is 1. The molecule has 3 aromatic heterocycles. The fourth-order valence-corrected chi connectivity index (χ4v) is 5.57. The van der Waals surface area contributed by atoms with Crippen LogP contribution in [0.2, 0.25) is 5.15 Å². The van der Waals surface area contributed by atoms with Gasteiger partial charge in [0, 0.05) is 41.9 Å². The average Bonchev–Trinajstić information content (AvgIpc) is 3.48. The van der Waals surface area contributed by atoms with E-state index in [0.717, 1.165) is 44.9 Å². The number of methoxy groups -OCH3 is 1. The molecule has 0 saturated carbocycles. The lowest BCUT2D eigenvalue weighted by Gasteiger charge is -2.15. The van der Waals surface area contributed by atoms with Crippen molar-refractivity contribution in [1.29, 1.82) is 0 Å². The molecule has 5 aromatic rings. The highest BCUT2D eigenvalue weighted by atomic mass is 35.5. The van der Waals surface area contributed by atoms with Crippen molar-refractivity contribution in [3.8, 4) is 5.75 Å². The summed E-state index contributed by atoms with van der Waals surface area (Å²) in [5.41, 5.74) is 2.39. The number of aliphatic hydroxyl groups is 2. The van der Waals surface area contributed by atoms with Gasteiger partial charge in [0.1, 0.15) is 29.1 Å². The monoisotopic (exact) mass is 549 g/mol. The van der Waals surface area contributed by atoms with Crippen molar-refractivity contribution in [2.45, 2.75) is 37.8 Å². The Morgan fingerprint density at radius 1 is 1.15 bits per heavy atom. The first kappa shape index (κ1) is 25.6. The van der Waals surface area contributed by atoms with Gasteiger partial charge in [-0.15, -0.1) is 0 Å². The maximum atomic E-state index is 12.6. The molecule has 2 aromatic carbocycles. The number of anilines is 1. The standard InChI is InChI=1S/C28H28ClN5O5/c1-38-16-7-8-20-19(13-16)25-26(17-5-2-3-6-18(17)27(29)32-25)33(20)11-4-10-30-23-9-12-34(28(37)31-23)24-14-21(36)22(15-35)39-24/h2-3,5-9,12-13,21-22,24,35-36H,4,10-11,14-15H2,1H3,(H,30,31,37)/t21-,22+,24+/m0/s1. The molecular formula is C28H28ClN5O5. The number of pyridine rings is 1. The predicted molar refractivity (Wildman–Crippen MR) is 150 cm³/mol. The molecule has 4 heterocycles. The summed E-state index contributed by atoms with van der Waals surface area (Å²) in [5.74, 6) is 1.21. The molecule has 0 unspecified atom stereocenters. The summed E-state index contributed by atoms with van der Waals surface area (Å²) >= 11 is 6.57. The minimum Gasteiger partial charge on any atom is -0.497 e. The summed E-state index contributed by atoms with van der Waals surface area (Å²) in [4.78, 5) is 21.5. The van der Waals surface area contributed by atoms with Crippen molar-refractivity contribution in [3.05, 3.63) is 70.4 Å². The number of hydrogen-bond donors (Lipinski definition) is 3. The molecule has 1 saturated heterocycles. The first-order valence-electron chi connectivity index (χ1n) is 12.8. The smallest absolute Gasteiger partial charge is 0.351 e. The highest BCUT2D eigenvalue weighted by Gasteiger charge is 2.34. The second-order valence-electron chi connectivity index (χ2n) is 9.58. The maximum absolute atomic E-state index is 12.6. The Kier molecular flexibility index (Phi) is 6.86. The van der Waals surface area contributed by atoms with Gasteiger partial charge in [0.05, 0.1) is 36.4 Å².